The summed E-state index contributed by atoms with van der Waals surface area (Å²) in [4.78, 5) is 33.4. The zero-order chi connectivity index (χ0) is 15.1. The Bertz CT molecular complexity index is 519. The van der Waals surface area contributed by atoms with Crippen molar-refractivity contribution in [2.24, 2.45) is 5.73 Å². The van der Waals surface area contributed by atoms with Gasteiger partial charge in [0.15, 0.2) is 0 Å². The van der Waals surface area contributed by atoms with Crippen LogP contribution in [0.4, 0.5) is 0 Å². The summed E-state index contributed by atoms with van der Waals surface area (Å²) in [6.07, 6.45) is -0.124. The number of rotatable bonds is 7. The smallest absolute Gasteiger partial charge is 0.326 e. The quantitative estimate of drug-likeness (QED) is 0.689. The molecule has 0 saturated carbocycles. The van der Waals surface area contributed by atoms with Crippen molar-refractivity contribution in [2.75, 3.05) is 0 Å². The number of hydrogen-bond donors (Lipinski definition) is 3. The molecule has 6 nitrogen and oxygen atoms in total. The lowest BCUT2D eigenvalue weighted by molar-refractivity contribution is -0.142. The van der Waals surface area contributed by atoms with Gasteiger partial charge in [-0.1, -0.05) is 23.7 Å². The molecule has 1 rings (SSSR count). The zero-order valence-corrected chi connectivity index (χ0v) is 11.4. The van der Waals surface area contributed by atoms with Gasteiger partial charge in [-0.15, -0.1) is 0 Å². The molecule has 4 N–H and O–H groups in total. The largest absolute Gasteiger partial charge is 0.480 e. The molecule has 1 unspecified atom stereocenters. The highest BCUT2D eigenvalue weighted by Crippen LogP contribution is 2.11. The van der Waals surface area contributed by atoms with Gasteiger partial charge in [0.05, 0.1) is 6.42 Å². The number of carbonyl (C=O) groups is 3. The van der Waals surface area contributed by atoms with E-state index in [1.165, 1.54) is 0 Å². The minimum atomic E-state index is -1.20. The number of carboxylic acid groups (broad SMARTS) is 1. The Labute approximate surface area is 120 Å². The number of benzene rings is 1. The van der Waals surface area contributed by atoms with Gasteiger partial charge in [0.1, 0.15) is 6.04 Å². The predicted octanol–water partition coefficient (Wildman–Crippen LogP) is 0.717. The second-order valence-electron chi connectivity index (χ2n) is 4.27. The van der Waals surface area contributed by atoms with Crippen molar-refractivity contribution in [1.29, 1.82) is 0 Å². The third kappa shape index (κ3) is 5.71. The third-order valence-corrected chi connectivity index (χ3v) is 2.80. The molecule has 0 spiro atoms. The highest BCUT2D eigenvalue weighted by atomic mass is 35.5. The van der Waals surface area contributed by atoms with Gasteiger partial charge in [-0.25, -0.2) is 4.79 Å². The molecule has 0 heterocycles. The summed E-state index contributed by atoms with van der Waals surface area (Å²) in [5.41, 5.74) is 5.63. The van der Waals surface area contributed by atoms with Crippen LogP contribution in [0.15, 0.2) is 24.3 Å². The lowest BCUT2D eigenvalue weighted by Crippen LogP contribution is -2.42. The second kappa shape index (κ2) is 7.49. The number of amides is 2. The van der Waals surface area contributed by atoms with Crippen molar-refractivity contribution in [3.63, 3.8) is 0 Å². The monoisotopic (exact) mass is 298 g/mol. The molecule has 0 aliphatic carbocycles. The highest BCUT2D eigenvalue weighted by molar-refractivity contribution is 6.30. The number of nitrogens with two attached hydrogens (primary N) is 1. The van der Waals surface area contributed by atoms with Crippen LogP contribution in [0.3, 0.4) is 0 Å². The summed E-state index contributed by atoms with van der Waals surface area (Å²) in [5, 5.41) is 11.8. The van der Waals surface area contributed by atoms with Crippen molar-refractivity contribution < 1.29 is 19.5 Å². The van der Waals surface area contributed by atoms with Crippen molar-refractivity contribution in [1.82, 2.24) is 5.32 Å². The Balaban J connectivity index is 2.57. The van der Waals surface area contributed by atoms with Crippen LogP contribution in [0.5, 0.6) is 0 Å². The Kier molecular flexibility index (Phi) is 5.99. The fourth-order valence-electron chi connectivity index (χ4n) is 1.62. The Hall–Kier alpha value is -2.08. The molecular weight excluding hydrogens is 284 g/mol. The van der Waals surface area contributed by atoms with E-state index in [1.807, 2.05) is 0 Å². The van der Waals surface area contributed by atoms with Crippen molar-refractivity contribution in [3.05, 3.63) is 34.9 Å². The van der Waals surface area contributed by atoms with Crippen LogP contribution in [-0.4, -0.2) is 28.9 Å². The maximum Gasteiger partial charge on any atom is 0.326 e. The molecule has 1 atom stereocenters. The van der Waals surface area contributed by atoms with Crippen molar-refractivity contribution in [2.45, 2.75) is 25.3 Å². The maximum atomic E-state index is 11.7. The van der Waals surface area contributed by atoms with Gasteiger partial charge < -0.3 is 16.2 Å². The lowest BCUT2D eigenvalue weighted by Gasteiger charge is -2.13. The van der Waals surface area contributed by atoms with Gasteiger partial charge in [0.25, 0.3) is 0 Å². The van der Waals surface area contributed by atoms with Crippen LogP contribution in [0.2, 0.25) is 5.02 Å². The number of hydrogen-bond acceptors (Lipinski definition) is 3. The second-order valence-corrected chi connectivity index (χ2v) is 4.71. The van der Waals surface area contributed by atoms with Gasteiger partial charge in [0.2, 0.25) is 11.8 Å². The first-order valence-electron chi connectivity index (χ1n) is 5.93. The Morgan fingerprint density at radius 2 is 2.05 bits per heavy atom. The van der Waals surface area contributed by atoms with E-state index in [1.54, 1.807) is 24.3 Å². The molecule has 0 aliphatic rings. The van der Waals surface area contributed by atoms with Crippen LogP contribution >= 0.6 is 11.6 Å². The number of nitrogens with one attached hydrogen (secondary N) is 1. The van der Waals surface area contributed by atoms with Crippen molar-refractivity contribution >= 4 is 29.4 Å². The normalized spacial score (nSPS) is 11.7. The number of primary amides is 1. The number of aliphatic carboxylic acids is 1. The van der Waals surface area contributed by atoms with E-state index in [2.05, 4.69) is 5.32 Å². The summed E-state index contributed by atoms with van der Waals surface area (Å²) in [7, 11) is 0. The number of carboxylic acids is 1. The van der Waals surface area contributed by atoms with E-state index in [0.29, 0.717) is 10.6 Å². The molecular formula is C13H15ClN2O4. The molecule has 2 amide bonds. The fraction of sp³-hybridized carbons (Fsp3) is 0.308. The molecule has 0 aromatic heterocycles. The number of halogens is 1. The predicted molar refractivity (Wildman–Crippen MR) is 73.2 cm³/mol. The van der Waals surface area contributed by atoms with Gasteiger partial charge in [-0.05, 0) is 24.1 Å². The molecule has 0 radical (unpaired) electrons. The number of carbonyl (C=O) groups excluding carboxylic acids is 2. The Morgan fingerprint density at radius 1 is 1.35 bits per heavy atom. The zero-order valence-electron chi connectivity index (χ0n) is 10.6. The van der Waals surface area contributed by atoms with Crippen LogP contribution in [0, 0.1) is 0 Å². The summed E-state index contributed by atoms with van der Waals surface area (Å²) < 4.78 is 0. The minimum Gasteiger partial charge on any atom is -0.480 e. The van der Waals surface area contributed by atoms with Gasteiger partial charge >= 0.3 is 5.97 Å². The van der Waals surface area contributed by atoms with Crippen molar-refractivity contribution in [3.8, 4) is 0 Å². The summed E-state index contributed by atoms with van der Waals surface area (Å²) in [5.74, 6) is -2.27. The fourth-order valence-corrected chi connectivity index (χ4v) is 1.83. The molecule has 20 heavy (non-hydrogen) atoms. The van der Waals surface area contributed by atoms with Crippen LogP contribution in [0.1, 0.15) is 18.4 Å². The SMILES string of the molecule is NC(=O)CCC(NC(=O)Cc1cccc(Cl)c1)C(=O)O. The molecule has 108 valence electrons. The first kappa shape index (κ1) is 16.0. The molecule has 1 aromatic rings. The summed E-state index contributed by atoms with van der Waals surface area (Å²) in [6, 6.07) is 5.59. The molecule has 1 aromatic carbocycles. The van der Waals surface area contributed by atoms with E-state index in [9.17, 15) is 14.4 Å². The highest BCUT2D eigenvalue weighted by Gasteiger charge is 2.20. The lowest BCUT2D eigenvalue weighted by atomic mass is 10.1. The Morgan fingerprint density at radius 3 is 2.60 bits per heavy atom. The molecule has 7 heteroatoms. The molecule has 0 bridgehead atoms. The van der Waals surface area contributed by atoms with Gasteiger partial charge in [-0.3, -0.25) is 9.59 Å². The first-order chi connectivity index (χ1) is 9.38. The van der Waals surface area contributed by atoms with E-state index >= 15 is 0 Å². The third-order valence-electron chi connectivity index (χ3n) is 2.57. The minimum absolute atomic E-state index is 0.0148. The molecule has 0 fully saturated rings. The first-order valence-corrected chi connectivity index (χ1v) is 6.31. The van der Waals surface area contributed by atoms with E-state index in [4.69, 9.17) is 22.4 Å². The van der Waals surface area contributed by atoms with Crippen LogP contribution in [0.25, 0.3) is 0 Å². The average Bonchev–Trinajstić information content (AvgIpc) is 2.33. The van der Waals surface area contributed by atoms with Gasteiger partial charge in [-0.2, -0.15) is 0 Å². The van der Waals surface area contributed by atoms with Gasteiger partial charge in [0, 0.05) is 11.4 Å². The summed E-state index contributed by atoms with van der Waals surface area (Å²) >= 11 is 5.79. The van der Waals surface area contributed by atoms with Crippen LogP contribution in [-0.2, 0) is 20.8 Å². The van der Waals surface area contributed by atoms with Crippen LogP contribution < -0.4 is 11.1 Å². The van der Waals surface area contributed by atoms with E-state index in [-0.39, 0.29) is 19.3 Å². The van der Waals surface area contributed by atoms with E-state index in [0.717, 1.165) is 0 Å². The molecule has 0 aliphatic heterocycles. The average molecular weight is 299 g/mol. The summed E-state index contributed by atoms with van der Waals surface area (Å²) in [6.45, 7) is 0. The maximum absolute atomic E-state index is 11.7. The van der Waals surface area contributed by atoms with E-state index < -0.39 is 23.8 Å². The standard InChI is InChI=1S/C13H15ClN2O4/c14-9-3-1-2-8(6-9)7-12(18)16-10(13(19)20)4-5-11(15)17/h1-3,6,10H,4-5,7H2,(H2,15,17)(H,16,18)(H,19,20). The topological polar surface area (TPSA) is 109 Å². The molecule has 0 saturated heterocycles.